The number of hydrogen-bond donors (Lipinski definition) is 3. The number of hydrogen-bond acceptors (Lipinski definition) is 5. The number of aromatic nitrogens is 2. The maximum Gasteiger partial charge on any atom is 0.321 e. The van der Waals surface area contributed by atoms with Crippen molar-refractivity contribution in [3.05, 3.63) is 51.4 Å². The number of likely N-dealkylation sites (tertiary alicyclic amines) is 1. The predicted octanol–water partition coefficient (Wildman–Crippen LogP) is 1.00. The number of nitrogens with two attached hydrogens (primary N) is 1. The number of amides is 3. The molecule has 9 heteroatoms. The molecule has 3 aliphatic rings. The maximum absolute atomic E-state index is 13.1. The molecule has 2 fully saturated rings. The van der Waals surface area contributed by atoms with Gasteiger partial charge in [-0.2, -0.15) is 0 Å². The molecule has 2 aliphatic heterocycles. The summed E-state index contributed by atoms with van der Waals surface area (Å²) in [5, 5.41) is 2.78. The van der Waals surface area contributed by atoms with Crippen molar-refractivity contribution in [3.63, 3.8) is 0 Å². The van der Waals surface area contributed by atoms with Gasteiger partial charge >= 0.3 is 6.03 Å². The van der Waals surface area contributed by atoms with Gasteiger partial charge in [-0.05, 0) is 43.9 Å². The van der Waals surface area contributed by atoms with Crippen molar-refractivity contribution in [2.45, 2.75) is 31.1 Å². The largest absolute Gasteiger partial charge is 0.369 e. The van der Waals surface area contributed by atoms with Crippen LogP contribution in [0.5, 0.6) is 0 Å². The van der Waals surface area contributed by atoms with Crippen LogP contribution >= 0.6 is 0 Å². The summed E-state index contributed by atoms with van der Waals surface area (Å²) in [6.45, 7) is 2.40. The number of carbonyl (C=O) groups is 2. The summed E-state index contributed by atoms with van der Waals surface area (Å²) in [7, 11) is 0. The highest BCUT2D eigenvalue weighted by Crippen LogP contribution is 2.44. The number of fused-ring (bicyclic) bond motifs is 2. The molecule has 5 rings (SSSR count). The van der Waals surface area contributed by atoms with Crippen LogP contribution in [0.15, 0.2) is 29.1 Å². The fourth-order valence-corrected chi connectivity index (χ4v) is 5.00. The van der Waals surface area contributed by atoms with E-state index in [0.717, 1.165) is 36.2 Å². The van der Waals surface area contributed by atoms with Crippen LogP contribution in [0.1, 0.15) is 40.9 Å². The van der Waals surface area contributed by atoms with Crippen LogP contribution in [0.4, 0.5) is 16.4 Å². The van der Waals surface area contributed by atoms with Gasteiger partial charge in [-0.1, -0.05) is 6.07 Å². The van der Waals surface area contributed by atoms with Crippen molar-refractivity contribution in [1.82, 2.24) is 20.2 Å². The first-order valence-corrected chi connectivity index (χ1v) is 10.3. The molecule has 0 unspecified atom stereocenters. The highest BCUT2D eigenvalue weighted by molar-refractivity contribution is 5.98. The minimum Gasteiger partial charge on any atom is -0.369 e. The Balaban J connectivity index is 1.33. The lowest BCUT2D eigenvalue weighted by Crippen LogP contribution is -2.45. The van der Waals surface area contributed by atoms with Crippen molar-refractivity contribution in [1.29, 1.82) is 0 Å². The van der Waals surface area contributed by atoms with Gasteiger partial charge < -0.3 is 16.0 Å². The Morgan fingerprint density at radius 1 is 1.13 bits per heavy atom. The zero-order valence-electron chi connectivity index (χ0n) is 16.6. The second-order valence-corrected chi connectivity index (χ2v) is 8.28. The second-order valence-electron chi connectivity index (χ2n) is 8.28. The van der Waals surface area contributed by atoms with E-state index in [0.29, 0.717) is 38.2 Å². The van der Waals surface area contributed by atoms with Crippen LogP contribution in [0.2, 0.25) is 0 Å². The Morgan fingerprint density at radius 2 is 1.93 bits per heavy atom. The number of urea groups is 1. The van der Waals surface area contributed by atoms with Gasteiger partial charge in [0.05, 0.1) is 5.69 Å². The molecule has 1 aliphatic carbocycles. The fraction of sp³-hybridized carbons (Fsp3) is 0.429. The molecule has 9 nitrogen and oxygen atoms in total. The van der Waals surface area contributed by atoms with E-state index in [4.69, 9.17) is 5.73 Å². The van der Waals surface area contributed by atoms with Crippen molar-refractivity contribution in [3.8, 4) is 0 Å². The fourth-order valence-electron chi connectivity index (χ4n) is 5.00. The first-order valence-electron chi connectivity index (χ1n) is 10.3. The lowest BCUT2D eigenvalue weighted by molar-refractivity contribution is 0.0663. The van der Waals surface area contributed by atoms with E-state index in [9.17, 15) is 14.4 Å². The monoisotopic (exact) mass is 408 g/mol. The number of nitrogens with zero attached hydrogens (tertiary/aromatic N) is 3. The molecule has 156 valence electrons. The molecule has 3 heterocycles. The normalized spacial score (nSPS) is 19.8. The SMILES string of the molecule is Nc1nc2c(c(=O)[nH]1)CCC21CCN(C(=O)c2cccc(N3CCNC3=O)c2)CC1. The van der Waals surface area contributed by atoms with E-state index in [-0.39, 0.29) is 28.9 Å². The Morgan fingerprint density at radius 3 is 2.67 bits per heavy atom. The molecule has 0 bridgehead atoms. The standard InChI is InChI=1S/C21H24N6O3/c22-19-24-16-15(17(28)25-19)4-5-21(16)6-9-26(10-7-21)18(29)13-2-1-3-14(12-13)27-11-8-23-20(27)30/h1-3,12H,4-11H2,(H,23,30)(H3,22,24,25,28). The third kappa shape index (κ3) is 2.92. The molecule has 1 aromatic heterocycles. The van der Waals surface area contributed by atoms with Crippen molar-refractivity contribution < 1.29 is 9.59 Å². The number of benzene rings is 1. The lowest BCUT2D eigenvalue weighted by Gasteiger charge is -2.39. The Bertz CT molecular complexity index is 1090. The quantitative estimate of drug-likeness (QED) is 0.684. The first kappa shape index (κ1) is 18.7. The molecule has 1 aromatic carbocycles. The van der Waals surface area contributed by atoms with Gasteiger partial charge in [-0.25, -0.2) is 9.78 Å². The zero-order valence-corrected chi connectivity index (χ0v) is 16.6. The van der Waals surface area contributed by atoms with Crippen molar-refractivity contribution in [2.75, 3.05) is 36.8 Å². The first-order chi connectivity index (χ1) is 14.5. The number of nitrogens with one attached hydrogen (secondary N) is 2. The molecule has 2 saturated heterocycles. The third-order valence-corrected chi connectivity index (χ3v) is 6.66. The van der Waals surface area contributed by atoms with Crippen molar-refractivity contribution >= 4 is 23.6 Å². The number of nitrogen functional groups attached to an aromatic ring is 1. The van der Waals surface area contributed by atoms with Crippen LogP contribution in [0, 0.1) is 0 Å². The Kier molecular flexibility index (Phi) is 4.27. The van der Waals surface area contributed by atoms with Gasteiger partial charge in [0.25, 0.3) is 11.5 Å². The smallest absolute Gasteiger partial charge is 0.321 e. The molecular weight excluding hydrogens is 384 g/mol. The number of piperidine rings is 1. The minimum absolute atomic E-state index is 0.0390. The second kappa shape index (κ2) is 6.86. The molecule has 3 amide bonds. The summed E-state index contributed by atoms with van der Waals surface area (Å²) in [5.41, 5.74) is 8.33. The summed E-state index contributed by atoms with van der Waals surface area (Å²) in [5.74, 6) is 0.115. The maximum atomic E-state index is 13.1. The highest BCUT2D eigenvalue weighted by Gasteiger charge is 2.44. The molecule has 0 radical (unpaired) electrons. The predicted molar refractivity (Wildman–Crippen MR) is 112 cm³/mol. The summed E-state index contributed by atoms with van der Waals surface area (Å²) >= 11 is 0. The Hall–Kier alpha value is -3.36. The summed E-state index contributed by atoms with van der Waals surface area (Å²) in [6.07, 6.45) is 3.08. The van der Waals surface area contributed by atoms with Gasteiger partial charge in [0.1, 0.15) is 0 Å². The van der Waals surface area contributed by atoms with Crippen LogP contribution < -0.4 is 21.5 Å². The third-order valence-electron chi connectivity index (χ3n) is 6.66. The average molecular weight is 408 g/mol. The van der Waals surface area contributed by atoms with E-state index >= 15 is 0 Å². The van der Waals surface area contributed by atoms with Gasteiger partial charge in [0.15, 0.2) is 0 Å². The molecule has 4 N–H and O–H groups in total. The highest BCUT2D eigenvalue weighted by atomic mass is 16.2. The van der Waals surface area contributed by atoms with Gasteiger partial charge in [-0.15, -0.1) is 0 Å². The number of aromatic amines is 1. The van der Waals surface area contributed by atoms with E-state index in [2.05, 4.69) is 15.3 Å². The number of H-pyrrole nitrogens is 1. The molecule has 0 saturated carbocycles. The van der Waals surface area contributed by atoms with Gasteiger partial charge in [0.2, 0.25) is 5.95 Å². The van der Waals surface area contributed by atoms with Gasteiger partial charge in [-0.3, -0.25) is 19.5 Å². The van der Waals surface area contributed by atoms with Crippen LogP contribution in [0.25, 0.3) is 0 Å². The van der Waals surface area contributed by atoms with Crippen LogP contribution in [-0.2, 0) is 11.8 Å². The van der Waals surface area contributed by atoms with E-state index in [1.54, 1.807) is 17.0 Å². The molecule has 2 aromatic rings. The average Bonchev–Trinajstić information content (AvgIpc) is 3.33. The molecule has 0 atom stereocenters. The lowest BCUT2D eigenvalue weighted by atomic mass is 9.76. The van der Waals surface area contributed by atoms with Crippen LogP contribution in [-0.4, -0.2) is 53.0 Å². The van der Waals surface area contributed by atoms with Gasteiger partial charge in [0, 0.05) is 48.4 Å². The molecule has 1 spiro atoms. The number of anilines is 2. The number of carbonyl (C=O) groups excluding carboxylic acids is 2. The van der Waals surface area contributed by atoms with E-state index in [1.807, 2.05) is 17.0 Å². The Labute approximate surface area is 173 Å². The van der Waals surface area contributed by atoms with Crippen molar-refractivity contribution in [2.24, 2.45) is 0 Å². The topological polar surface area (TPSA) is 124 Å². The minimum atomic E-state index is -0.177. The number of rotatable bonds is 2. The van der Waals surface area contributed by atoms with Crippen LogP contribution in [0.3, 0.4) is 0 Å². The molecular formula is C21H24N6O3. The summed E-state index contributed by atoms with van der Waals surface area (Å²) < 4.78 is 0. The van der Waals surface area contributed by atoms with E-state index in [1.165, 1.54) is 0 Å². The summed E-state index contributed by atoms with van der Waals surface area (Å²) in [6, 6.07) is 7.09. The summed E-state index contributed by atoms with van der Waals surface area (Å²) in [4.78, 5) is 47.8. The van der Waals surface area contributed by atoms with E-state index < -0.39 is 0 Å². The molecule has 30 heavy (non-hydrogen) atoms. The zero-order chi connectivity index (χ0) is 20.9.